The van der Waals surface area contributed by atoms with Gasteiger partial charge >= 0.3 is 0 Å². The zero-order chi connectivity index (χ0) is 25.1. The second-order valence-electron chi connectivity index (χ2n) is 9.53. The van der Waals surface area contributed by atoms with E-state index in [1.807, 2.05) is 30.0 Å². The van der Waals surface area contributed by atoms with Gasteiger partial charge in [-0.05, 0) is 61.2 Å². The Hall–Kier alpha value is -2.82. The molecule has 3 heterocycles. The molecule has 2 aromatic carbocycles. The number of carbonyl (C=O) groups is 1. The van der Waals surface area contributed by atoms with Crippen LogP contribution in [0.25, 0.3) is 0 Å². The largest absolute Gasteiger partial charge is 0.483 e. The smallest absolute Gasteiger partial charge is 0.260 e. The van der Waals surface area contributed by atoms with E-state index in [0.29, 0.717) is 37.5 Å². The summed E-state index contributed by atoms with van der Waals surface area (Å²) in [5.41, 5.74) is 1.86. The van der Waals surface area contributed by atoms with Crippen molar-refractivity contribution in [2.75, 3.05) is 52.7 Å². The summed E-state index contributed by atoms with van der Waals surface area (Å²) in [6, 6.07) is 10.9. The highest BCUT2D eigenvalue weighted by Crippen LogP contribution is 2.33. The Kier molecular flexibility index (Phi) is 7.36. The molecule has 0 aliphatic carbocycles. The van der Waals surface area contributed by atoms with Gasteiger partial charge in [-0.3, -0.25) is 9.69 Å². The molecule has 0 atom stereocenters. The second kappa shape index (κ2) is 10.7. The van der Waals surface area contributed by atoms with Gasteiger partial charge in [0.2, 0.25) is 16.8 Å². The number of benzene rings is 2. The topological polar surface area (TPSA) is 88.6 Å². The summed E-state index contributed by atoms with van der Waals surface area (Å²) < 4.78 is 44.0. The van der Waals surface area contributed by atoms with Crippen molar-refractivity contribution in [3.05, 3.63) is 47.5 Å². The van der Waals surface area contributed by atoms with Gasteiger partial charge < -0.3 is 19.1 Å². The minimum Gasteiger partial charge on any atom is -0.483 e. The van der Waals surface area contributed by atoms with Crippen molar-refractivity contribution in [3.63, 3.8) is 0 Å². The Morgan fingerprint density at radius 2 is 1.67 bits per heavy atom. The van der Waals surface area contributed by atoms with Crippen LogP contribution in [-0.2, 0) is 21.4 Å². The van der Waals surface area contributed by atoms with E-state index in [1.165, 1.54) is 0 Å². The summed E-state index contributed by atoms with van der Waals surface area (Å²) in [4.78, 5) is 17.2. The molecule has 0 N–H and O–H groups in total. The van der Waals surface area contributed by atoms with Crippen LogP contribution in [0.2, 0.25) is 0 Å². The summed E-state index contributed by atoms with van der Waals surface area (Å²) in [6.07, 6.45) is 2.86. The Balaban J connectivity index is 1.11. The molecule has 0 aromatic heterocycles. The molecule has 2 aromatic rings. The first-order valence-electron chi connectivity index (χ1n) is 12.5. The molecule has 9 nitrogen and oxygen atoms in total. The lowest BCUT2D eigenvalue weighted by molar-refractivity contribution is -0.135. The number of piperidine rings is 1. The van der Waals surface area contributed by atoms with Gasteiger partial charge in [0.15, 0.2) is 18.1 Å². The van der Waals surface area contributed by atoms with E-state index in [-0.39, 0.29) is 24.2 Å². The first-order valence-corrected chi connectivity index (χ1v) is 14.0. The molecule has 10 heteroatoms. The lowest BCUT2D eigenvalue weighted by Gasteiger charge is -2.34. The number of fused-ring (bicyclic) bond motifs is 1. The summed E-state index contributed by atoms with van der Waals surface area (Å²) >= 11 is 0. The summed E-state index contributed by atoms with van der Waals surface area (Å²) in [7, 11) is -3.50. The van der Waals surface area contributed by atoms with E-state index in [1.54, 1.807) is 22.5 Å². The van der Waals surface area contributed by atoms with E-state index in [4.69, 9.17) is 14.2 Å². The van der Waals surface area contributed by atoms with E-state index in [2.05, 4.69) is 4.90 Å². The highest BCUT2D eigenvalue weighted by Gasteiger charge is 2.27. The van der Waals surface area contributed by atoms with Crippen LogP contribution < -0.4 is 14.2 Å². The molecule has 3 aliphatic heterocycles. The summed E-state index contributed by atoms with van der Waals surface area (Å²) in [5, 5.41) is 0. The molecule has 0 bridgehead atoms. The van der Waals surface area contributed by atoms with Gasteiger partial charge in [-0.25, -0.2) is 8.42 Å². The first-order chi connectivity index (χ1) is 17.4. The minimum atomic E-state index is -3.50. The Labute approximate surface area is 212 Å². The van der Waals surface area contributed by atoms with Crippen LogP contribution in [0, 0.1) is 6.92 Å². The number of rotatable bonds is 7. The van der Waals surface area contributed by atoms with E-state index in [9.17, 15) is 13.2 Å². The summed E-state index contributed by atoms with van der Waals surface area (Å²) in [5.74, 6) is 2.03. The molecule has 5 rings (SSSR count). The van der Waals surface area contributed by atoms with Crippen LogP contribution in [-0.4, -0.2) is 81.1 Å². The first kappa shape index (κ1) is 24.9. The molecule has 0 saturated carbocycles. The number of aryl methyl sites for hydroxylation is 1. The number of hydrogen-bond donors (Lipinski definition) is 0. The number of amides is 1. The molecule has 0 spiro atoms. The number of carbonyl (C=O) groups excluding carboxylic acids is 1. The van der Waals surface area contributed by atoms with Gasteiger partial charge in [0.05, 0.1) is 4.90 Å². The van der Waals surface area contributed by atoms with Crippen molar-refractivity contribution in [2.45, 2.75) is 37.6 Å². The van der Waals surface area contributed by atoms with E-state index >= 15 is 0 Å². The maximum Gasteiger partial charge on any atom is 0.260 e. The fraction of sp³-hybridized carbons (Fsp3) is 0.500. The monoisotopic (exact) mass is 515 g/mol. The van der Waals surface area contributed by atoms with Crippen molar-refractivity contribution in [1.29, 1.82) is 0 Å². The molecular weight excluding hydrogens is 482 g/mol. The summed E-state index contributed by atoms with van der Waals surface area (Å²) in [6.45, 7) is 6.77. The van der Waals surface area contributed by atoms with Crippen LogP contribution in [0.4, 0.5) is 0 Å². The molecule has 194 valence electrons. The fourth-order valence-electron chi connectivity index (χ4n) is 4.88. The van der Waals surface area contributed by atoms with E-state index in [0.717, 1.165) is 56.0 Å². The van der Waals surface area contributed by atoms with Gasteiger partial charge in [0.1, 0.15) is 5.75 Å². The number of sulfonamides is 1. The molecule has 36 heavy (non-hydrogen) atoms. The quantitative estimate of drug-likeness (QED) is 0.560. The highest BCUT2D eigenvalue weighted by atomic mass is 32.2. The average Bonchev–Trinajstić information content (AvgIpc) is 3.37. The third kappa shape index (κ3) is 5.45. The number of nitrogens with zero attached hydrogens (tertiary/aromatic N) is 3. The third-order valence-corrected chi connectivity index (χ3v) is 8.91. The predicted octanol–water partition coefficient (Wildman–Crippen LogP) is 2.62. The van der Waals surface area contributed by atoms with Gasteiger partial charge in [-0.15, -0.1) is 0 Å². The molecule has 3 aliphatic rings. The molecular formula is C26H33N3O6S. The molecule has 2 saturated heterocycles. The highest BCUT2D eigenvalue weighted by molar-refractivity contribution is 7.89. The normalized spacial score (nSPS) is 18.9. The maximum absolute atomic E-state index is 12.9. The molecule has 0 radical (unpaired) electrons. The Morgan fingerprint density at radius 1 is 0.917 bits per heavy atom. The lowest BCUT2D eigenvalue weighted by atomic mass is 10.1. The van der Waals surface area contributed by atoms with Crippen LogP contribution in [0.1, 0.15) is 30.4 Å². The van der Waals surface area contributed by atoms with Crippen molar-refractivity contribution in [2.24, 2.45) is 0 Å². The van der Waals surface area contributed by atoms with Gasteiger partial charge in [0, 0.05) is 45.8 Å². The average molecular weight is 516 g/mol. The van der Waals surface area contributed by atoms with Crippen molar-refractivity contribution < 1.29 is 27.4 Å². The number of hydrogen-bond acceptors (Lipinski definition) is 7. The fourth-order valence-corrected chi connectivity index (χ4v) is 6.49. The predicted molar refractivity (Wildman–Crippen MR) is 134 cm³/mol. The zero-order valence-electron chi connectivity index (χ0n) is 20.6. The van der Waals surface area contributed by atoms with Crippen LogP contribution in [0.5, 0.6) is 17.2 Å². The third-order valence-electron chi connectivity index (χ3n) is 7.02. The molecule has 2 fully saturated rings. The van der Waals surface area contributed by atoms with Crippen LogP contribution >= 0.6 is 0 Å². The standard InChI is InChI=1S/C26H33N3O6S/c1-20-15-22(36(31,32)29-9-3-2-4-10-29)6-8-23(20)33-18-26(30)28-13-11-27(12-14-28)17-21-5-7-24-25(16-21)35-19-34-24/h5-8,15-16H,2-4,9-14,17-19H2,1H3. The SMILES string of the molecule is Cc1cc(S(=O)(=O)N2CCCCC2)ccc1OCC(=O)N1CCN(Cc2ccc3c(c2)OCO3)CC1. The van der Waals surface area contributed by atoms with Gasteiger partial charge in [-0.1, -0.05) is 12.5 Å². The second-order valence-corrected chi connectivity index (χ2v) is 11.5. The molecule has 0 unspecified atom stereocenters. The van der Waals surface area contributed by atoms with Crippen LogP contribution in [0.3, 0.4) is 0 Å². The van der Waals surface area contributed by atoms with E-state index < -0.39 is 10.0 Å². The van der Waals surface area contributed by atoms with Crippen molar-refractivity contribution in [1.82, 2.24) is 14.1 Å². The minimum absolute atomic E-state index is 0.0675. The maximum atomic E-state index is 12.9. The lowest BCUT2D eigenvalue weighted by Crippen LogP contribution is -2.49. The van der Waals surface area contributed by atoms with Crippen molar-refractivity contribution >= 4 is 15.9 Å². The molecule has 1 amide bonds. The number of ether oxygens (including phenoxy) is 3. The van der Waals surface area contributed by atoms with Crippen LogP contribution in [0.15, 0.2) is 41.3 Å². The number of piperazine rings is 1. The zero-order valence-corrected chi connectivity index (χ0v) is 21.5. The van der Waals surface area contributed by atoms with Gasteiger partial charge in [-0.2, -0.15) is 4.31 Å². The Bertz CT molecular complexity index is 1200. The van der Waals surface area contributed by atoms with Crippen molar-refractivity contribution in [3.8, 4) is 17.2 Å². The van der Waals surface area contributed by atoms with Gasteiger partial charge in [0.25, 0.3) is 5.91 Å². The Morgan fingerprint density at radius 3 is 2.42 bits per heavy atom.